The molecule has 0 radical (unpaired) electrons. The van der Waals surface area contributed by atoms with Gasteiger partial charge in [0, 0.05) is 25.5 Å². The lowest BCUT2D eigenvalue weighted by atomic mass is 10.1. The number of nitrogens with one attached hydrogen (secondary N) is 1. The van der Waals surface area contributed by atoms with Gasteiger partial charge >= 0.3 is 0 Å². The molecule has 0 fully saturated rings. The quantitative estimate of drug-likeness (QED) is 0.713. The molecule has 0 aliphatic rings. The summed E-state index contributed by atoms with van der Waals surface area (Å²) in [7, 11) is 0. The zero-order valence-electron chi connectivity index (χ0n) is 11.5. The maximum absolute atomic E-state index is 11.6. The molecule has 0 bridgehead atoms. The fourth-order valence-electron chi connectivity index (χ4n) is 1.68. The van der Waals surface area contributed by atoms with Crippen molar-refractivity contribution in [2.45, 2.75) is 46.2 Å². The molecule has 1 rings (SSSR count). The van der Waals surface area contributed by atoms with Crippen LogP contribution >= 0.6 is 0 Å². The predicted molar refractivity (Wildman–Crippen MR) is 72.0 cm³/mol. The van der Waals surface area contributed by atoms with Crippen LogP contribution in [0.5, 0.6) is 0 Å². The minimum absolute atomic E-state index is 0.0520. The van der Waals surface area contributed by atoms with E-state index in [4.69, 9.17) is 5.73 Å². The lowest BCUT2D eigenvalue weighted by Crippen LogP contribution is -2.44. The van der Waals surface area contributed by atoms with Gasteiger partial charge in [0.05, 0.1) is 6.04 Å². The Morgan fingerprint density at radius 3 is 2.78 bits per heavy atom. The van der Waals surface area contributed by atoms with Gasteiger partial charge in [-0.25, -0.2) is 4.98 Å². The number of amides is 1. The summed E-state index contributed by atoms with van der Waals surface area (Å²) in [5, 5.41) is 2.87. The minimum atomic E-state index is -0.402. The summed E-state index contributed by atoms with van der Waals surface area (Å²) in [6.45, 7) is 7.52. The van der Waals surface area contributed by atoms with Crippen LogP contribution in [0.4, 0.5) is 0 Å². The fraction of sp³-hybridized carbons (Fsp3) is 0.692. The molecule has 0 saturated heterocycles. The van der Waals surface area contributed by atoms with Crippen molar-refractivity contribution in [3.63, 3.8) is 0 Å². The molecule has 1 aromatic heterocycles. The first-order chi connectivity index (χ1) is 8.52. The van der Waals surface area contributed by atoms with Gasteiger partial charge in [0.25, 0.3) is 0 Å². The van der Waals surface area contributed by atoms with Crippen LogP contribution in [-0.2, 0) is 11.3 Å². The molecule has 0 spiro atoms. The van der Waals surface area contributed by atoms with E-state index in [1.165, 1.54) is 0 Å². The number of hydrogen-bond acceptors (Lipinski definition) is 3. The molecular formula is C13H24N4O. The average molecular weight is 252 g/mol. The third-order valence-corrected chi connectivity index (χ3v) is 3.07. The van der Waals surface area contributed by atoms with Gasteiger partial charge in [-0.15, -0.1) is 0 Å². The molecule has 1 heterocycles. The average Bonchev–Trinajstić information content (AvgIpc) is 2.73. The zero-order chi connectivity index (χ0) is 13.5. The summed E-state index contributed by atoms with van der Waals surface area (Å²) in [5.41, 5.74) is 5.75. The molecule has 5 heteroatoms. The van der Waals surface area contributed by atoms with E-state index in [1.54, 1.807) is 6.20 Å². The highest BCUT2D eigenvalue weighted by Crippen LogP contribution is 2.00. The standard InChI is InChI=1S/C13H24N4O/c1-10(2)12(14)13(18)16-6-4-5-8-17-9-7-15-11(17)3/h7,9-10,12H,4-6,8,14H2,1-3H3,(H,16,18)/t12-/m0/s1. The Bertz CT molecular complexity index is 373. The highest BCUT2D eigenvalue weighted by molar-refractivity contribution is 5.81. The number of nitrogens with zero attached hydrogens (tertiary/aromatic N) is 2. The number of hydrogen-bond donors (Lipinski definition) is 2. The van der Waals surface area contributed by atoms with E-state index in [0.29, 0.717) is 6.54 Å². The number of unbranched alkanes of at least 4 members (excludes halogenated alkanes) is 1. The van der Waals surface area contributed by atoms with E-state index >= 15 is 0 Å². The highest BCUT2D eigenvalue weighted by Gasteiger charge is 2.15. The third kappa shape index (κ3) is 4.49. The van der Waals surface area contributed by atoms with Crippen LogP contribution in [0, 0.1) is 12.8 Å². The van der Waals surface area contributed by atoms with Crippen LogP contribution in [-0.4, -0.2) is 28.0 Å². The number of carbonyl (C=O) groups is 1. The Morgan fingerprint density at radius 1 is 1.50 bits per heavy atom. The third-order valence-electron chi connectivity index (χ3n) is 3.07. The summed E-state index contributed by atoms with van der Waals surface area (Å²) in [6, 6.07) is -0.402. The lowest BCUT2D eigenvalue weighted by molar-refractivity contribution is -0.123. The number of nitrogens with two attached hydrogens (primary N) is 1. The van der Waals surface area contributed by atoms with Gasteiger partial charge in [-0.1, -0.05) is 13.8 Å². The SMILES string of the molecule is Cc1nccn1CCCCNC(=O)[C@@H](N)C(C)C. The monoisotopic (exact) mass is 252 g/mol. The lowest BCUT2D eigenvalue weighted by Gasteiger charge is -2.15. The van der Waals surface area contributed by atoms with Crippen LogP contribution < -0.4 is 11.1 Å². The Balaban J connectivity index is 2.12. The fourth-order valence-corrected chi connectivity index (χ4v) is 1.68. The zero-order valence-corrected chi connectivity index (χ0v) is 11.5. The second-order valence-electron chi connectivity index (χ2n) is 4.94. The summed E-state index contributed by atoms with van der Waals surface area (Å²) < 4.78 is 2.11. The first-order valence-corrected chi connectivity index (χ1v) is 6.53. The van der Waals surface area contributed by atoms with Gasteiger partial charge in [-0.2, -0.15) is 0 Å². The molecule has 1 aromatic rings. The normalized spacial score (nSPS) is 12.7. The Labute approximate surface area is 109 Å². The molecule has 18 heavy (non-hydrogen) atoms. The predicted octanol–water partition coefficient (Wildman–Crippen LogP) is 1.07. The summed E-state index contributed by atoms with van der Waals surface area (Å²) in [4.78, 5) is 15.7. The molecule has 1 atom stereocenters. The molecular weight excluding hydrogens is 228 g/mol. The van der Waals surface area contributed by atoms with E-state index < -0.39 is 6.04 Å². The largest absolute Gasteiger partial charge is 0.355 e. The van der Waals surface area contributed by atoms with Gasteiger partial charge in [0.2, 0.25) is 5.91 Å². The summed E-state index contributed by atoms with van der Waals surface area (Å²) in [5.74, 6) is 1.16. The van der Waals surface area contributed by atoms with Crippen LogP contribution in [0.15, 0.2) is 12.4 Å². The molecule has 102 valence electrons. The Hall–Kier alpha value is -1.36. The highest BCUT2D eigenvalue weighted by atomic mass is 16.2. The minimum Gasteiger partial charge on any atom is -0.355 e. The van der Waals surface area contributed by atoms with Crippen molar-refractivity contribution in [2.75, 3.05) is 6.54 Å². The second-order valence-corrected chi connectivity index (χ2v) is 4.94. The van der Waals surface area contributed by atoms with Crippen LogP contribution in [0.3, 0.4) is 0 Å². The molecule has 0 unspecified atom stereocenters. The Morgan fingerprint density at radius 2 is 2.22 bits per heavy atom. The Kier molecular flexibility index (Phi) is 5.85. The summed E-state index contributed by atoms with van der Waals surface area (Å²) in [6.07, 6.45) is 5.75. The molecule has 0 aliphatic carbocycles. The molecule has 0 saturated carbocycles. The summed E-state index contributed by atoms with van der Waals surface area (Å²) >= 11 is 0. The van der Waals surface area contributed by atoms with Gasteiger partial charge in [-0.05, 0) is 25.7 Å². The van der Waals surface area contributed by atoms with E-state index in [2.05, 4.69) is 14.9 Å². The number of aryl methyl sites for hydroxylation is 2. The first-order valence-electron chi connectivity index (χ1n) is 6.53. The van der Waals surface area contributed by atoms with Crippen LogP contribution in [0.2, 0.25) is 0 Å². The van der Waals surface area contributed by atoms with Crippen molar-refractivity contribution in [3.8, 4) is 0 Å². The number of rotatable bonds is 7. The maximum atomic E-state index is 11.6. The number of imidazole rings is 1. The van der Waals surface area contributed by atoms with Crippen molar-refractivity contribution in [2.24, 2.45) is 11.7 Å². The van der Waals surface area contributed by atoms with Gasteiger partial charge in [0.1, 0.15) is 5.82 Å². The van der Waals surface area contributed by atoms with E-state index in [-0.39, 0.29) is 11.8 Å². The van der Waals surface area contributed by atoms with Gasteiger partial charge in [-0.3, -0.25) is 4.79 Å². The smallest absolute Gasteiger partial charge is 0.237 e. The van der Waals surface area contributed by atoms with E-state index in [1.807, 2.05) is 27.0 Å². The number of carbonyl (C=O) groups excluding carboxylic acids is 1. The molecule has 3 N–H and O–H groups in total. The van der Waals surface area contributed by atoms with Gasteiger partial charge in [0.15, 0.2) is 0 Å². The molecule has 5 nitrogen and oxygen atoms in total. The number of aromatic nitrogens is 2. The van der Waals surface area contributed by atoms with Crippen LogP contribution in [0.25, 0.3) is 0 Å². The van der Waals surface area contributed by atoms with E-state index in [9.17, 15) is 4.79 Å². The van der Waals surface area contributed by atoms with Crippen molar-refractivity contribution in [1.29, 1.82) is 0 Å². The van der Waals surface area contributed by atoms with Gasteiger partial charge < -0.3 is 15.6 Å². The molecule has 0 aliphatic heterocycles. The molecule has 1 amide bonds. The van der Waals surface area contributed by atoms with Crippen molar-refractivity contribution < 1.29 is 4.79 Å². The first kappa shape index (κ1) is 14.7. The second kappa shape index (κ2) is 7.16. The van der Waals surface area contributed by atoms with E-state index in [0.717, 1.165) is 25.2 Å². The van der Waals surface area contributed by atoms with Crippen molar-refractivity contribution in [1.82, 2.24) is 14.9 Å². The maximum Gasteiger partial charge on any atom is 0.237 e. The van der Waals surface area contributed by atoms with Crippen molar-refractivity contribution in [3.05, 3.63) is 18.2 Å². The topological polar surface area (TPSA) is 72.9 Å². The van der Waals surface area contributed by atoms with Crippen molar-refractivity contribution >= 4 is 5.91 Å². The van der Waals surface area contributed by atoms with Crippen LogP contribution in [0.1, 0.15) is 32.5 Å². The molecule has 0 aromatic carbocycles.